The van der Waals surface area contributed by atoms with E-state index in [4.69, 9.17) is 5.26 Å². The molecule has 17 heavy (non-hydrogen) atoms. The summed E-state index contributed by atoms with van der Waals surface area (Å²) in [6.45, 7) is 4.41. The smallest absolute Gasteiger partial charge is 0.255 e. The third kappa shape index (κ3) is 3.70. The van der Waals surface area contributed by atoms with Gasteiger partial charge >= 0.3 is 0 Å². The van der Waals surface area contributed by atoms with E-state index in [1.165, 1.54) is 0 Å². The minimum Gasteiger partial charge on any atom is -0.335 e. The maximum Gasteiger partial charge on any atom is 0.255 e. The van der Waals surface area contributed by atoms with Gasteiger partial charge in [0.25, 0.3) is 5.91 Å². The van der Waals surface area contributed by atoms with Crippen molar-refractivity contribution in [1.29, 1.82) is 5.26 Å². The van der Waals surface area contributed by atoms with Crippen LogP contribution in [0.5, 0.6) is 0 Å². The molecule has 0 atom stereocenters. The van der Waals surface area contributed by atoms with E-state index in [-0.39, 0.29) is 11.9 Å². The first-order valence-electron chi connectivity index (χ1n) is 5.50. The van der Waals surface area contributed by atoms with Gasteiger partial charge in [0.15, 0.2) is 0 Å². The molecule has 0 aromatic heterocycles. The van der Waals surface area contributed by atoms with Gasteiger partial charge in [0, 0.05) is 16.2 Å². The van der Waals surface area contributed by atoms with Gasteiger partial charge in [0.2, 0.25) is 0 Å². The maximum absolute atomic E-state index is 12.3. The predicted molar refractivity (Wildman–Crippen MR) is 75.6 cm³/mol. The average Bonchev–Trinajstić information content (AvgIpc) is 2.29. The van der Waals surface area contributed by atoms with E-state index in [1.54, 1.807) is 4.90 Å². The Bertz CT molecular complexity index is 437. The topological polar surface area (TPSA) is 44.1 Å². The molecule has 0 N–H and O–H groups in total. The van der Waals surface area contributed by atoms with E-state index in [1.807, 2.05) is 38.1 Å². The van der Waals surface area contributed by atoms with Crippen LogP contribution in [0.25, 0.3) is 0 Å². The molecule has 0 saturated carbocycles. The van der Waals surface area contributed by atoms with Crippen LogP contribution >= 0.6 is 22.6 Å². The first kappa shape index (κ1) is 14.0. The van der Waals surface area contributed by atoms with Gasteiger partial charge in [-0.2, -0.15) is 5.26 Å². The van der Waals surface area contributed by atoms with Crippen LogP contribution in [0, 0.1) is 14.9 Å². The van der Waals surface area contributed by atoms with Gasteiger partial charge in [-0.05, 0) is 48.6 Å². The maximum atomic E-state index is 12.3. The van der Waals surface area contributed by atoms with Crippen LogP contribution in [0.15, 0.2) is 24.3 Å². The highest BCUT2D eigenvalue weighted by Crippen LogP contribution is 2.15. The highest BCUT2D eigenvalue weighted by molar-refractivity contribution is 14.1. The highest BCUT2D eigenvalue weighted by Gasteiger charge is 2.19. The van der Waals surface area contributed by atoms with Crippen molar-refractivity contribution in [3.63, 3.8) is 0 Å². The van der Waals surface area contributed by atoms with Crippen LogP contribution in [-0.2, 0) is 0 Å². The highest BCUT2D eigenvalue weighted by atomic mass is 127. The molecule has 0 heterocycles. The molecule has 4 heteroatoms. The summed E-state index contributed by atoms with van der Waals surface area (Å²) in [5, 5.41) is 8.61. The third-order valence-corrected chi connectivity index (χ3v) is 3.39. The number of hydrogen-bond acceptors (Lipinski definition) is 2. The van der Waals surface area contributed by atoms with Crippen LogP contribution in [0.3, 0.4) is 0 Å². The molecule has 0 bridgehead atoms. The third-order valence-electron chi connectivity index (χ3n) is 2.45. The molecule has 1 aromatic rings. The Hall–Kier alpha value is -1.09. The van der Waals surface area contributed by atoms with Crippen LogP contribution in [0.2, 0.25) is 0 Å². The summed E-state index contributed by atoms with van der Waals surface area (Å²) in [5.74, 6) is 0.000231. The van der Waals surface area contributed by atoms with Gasteiger partial charge in [-0.25, -0.2) is 0 Å². The van der Waals surface area contributed by atoms with Crippen molar-refractivity contribution in [2.75, 3.05) is 6.54 Å². The molecule has 0 fully saturated rings. The van der Waals surface area contributed by atoms with E-state index in [2.05, 4.69) is 28.7 Å². The van der Waals surface area contributed by atoms with Crippen molar-refractivity contribution in [3.05, 3.63) is 33.4 Å². The summed E-state index contributed by atoms with van der Waals surface area (Å²) >= 11 is 2.16. The fourth-order valence-corrected chi connectivity index (χ4v) is 2.17. The van der Waals surface area contributed by atoms with E-state index in [0.717, 1.165) is 3.57 Å². The molecule has 1 amide bonds. The van der Waals surface area contributed by atoms with Gasteiger partial charge in [-0.15, -0.1) is 0 Å². The van der Waals surface area contributed by atoms with E-state index >= 15 is 0 Å². The van der Waals surface area contributed by atoms with Crippen LogP contribution in [0.4, 0.5) is 0 Å². The number of nitriles is 1. The molecule has 0 saturated heterocycles. The van der Waals surface area contributed by atoms with E-state index in [9.17, 15) is 4.79 Å². The number of benzene rings is 1. The molecule has 0 aliphatic carbocycles. The molecule has 0 radical (unpaired) electrons. The second kappa shape index (κ2) is 6.60. The zero-order valence-corrected chi connectivity index (χ0v) is 12.1. The summed E-state index contributed by atoms with van der Waals surface area (Å²) in [4.78, 5) is 14.1. The van der Waals surface area contributed by atoms with Gasteiger partial charge in [-0.3, -0.25) is 4.79 Å². The average molecular weight is 342 g/mol. The first-order chi connectivity index (χ1) is 8.07. The molecular weight excluding hydrogens is 327 g/mol. The monoisotopic (exact) mass is 342 g/mol. The minimum absolute atomic E-state index is 0.000231. The molecule has 0 spiro atoms. The second-order valence-corrected chi connectivity index (χ2v) is 5.14. The molecule has 0 aliphatic heterocycles. The Balaban J connectivity index is 2.93. The normalized spacial score (nSPS) is 10.1. The molecule has 0 aliphatic rings. The summed E-state index contributed by atoms with van der Waals surface area (Å²) < 4.78 is 0.942. The SMILES string of the molecule is CC(C)N(CCC#N)C(=O)c1ccccc1I. The van der Waals surface area contributed by atoms with E-state index < -0.39 is 0 Å². The number of rotatable bonds is 4. The molecule has 1 aromatic carbocycles. The second-order valence-electron chi connectivity index (χ2n) is 3.98. The fourth-order valence-electron chi connectivity index (χ4n) is 1.55. The number of carbonyl (C=O) groups excluding carboxylic acids is 1. The van der Waals surface area contributed by atoms with Crippen molar-refractivity contribution in [2.24, 2.45) is 0 Å². The van der Waals surface area contributed by atoms with Crippen molar-refractivity contribution < 1.29 is 4.79 Å². The number of halogens is 1. The Morgan fingerprint density at radius 2 is 2.12 bits per heavy atom. The van der Waals surface area contributed by atoms with E-state index in [0.29, 0.717) is 18.5 Å². The van der Waals surface area contributed by atoms with Gasteiger partial charge < -0.3 is 4.90 Å². The quantitative estimate of drug-likeness (QED) is 0.790. The van der Waals surface area contributed by atoms with Gasteiger partial charge in [-0.1, -0.05) is 12.1 Å². The van der Waals surface area contributed by atoms with Crippen LogP contribution < -0.4 is 0 Å². The molecular formula is C13H15IN2O. The lowest BCUT2D eigenvalue weighted by Gasteiger charge is -2.26. The summed E-state index contributed by atoms with van der Waals surface area (Å²) in [5.41, 5.74) is 0.708. The summed E-state index contributed by atoms with van der Waals surface area (Å²) in [7, 11) is 0. The fraction of sp³-hybridized carbons (Fsp3) is 0.385. The largest absolute Gasteiger partial charge is 0.335 e. The standard InChI is InChI=1S/C13H15IN2O/c1-10(2)16(9-5-8-15)13(17)11-6-3-4-7-12(11)14/h3-4,6-7,10H,5,9H2,1-2H3. The van der Waals surface area contributed by atoms with Crippen molar-refractivity contribution in [3.8, 4) is 6.07 Å². The number of amides is 1. The predicted octanol–water partition coefficient (Wildman–Crippen LogP) is 3.06. The van der Waals surface area contributed by atoms with Crippen molar-refractivity contribution in [2.45, 2.75) is 26.3 Å². The van der Waals surface area contributed by atoms with Crippen molar-refractivity contribution in [1.82, 2.24) is 4.90 Å². The zero-order valence-electron chi connectivity index (χ0n) is 9.98. The van der Waals surface area contributed by atoms with Gasteiger partial charge in [0.1, 0.15) is 0 Å². The molecule has 90 valence electrons. The van der Waals surface area contributed by atoms with Gasteiger partial charge in [0.05, 0.1) is 18.1 Å². The first-order valence-corrected chi connectivity index (χ1v) is 6.58. The van der Waals surface area contributed by atoms with Crippen molar-refractivity contribution >= 4 is 28.5 Å². The number of carbonyl (C=O) groups is 1. The Labute approximate surface area is 116 Å². The Morgan fingerprint density at radius 1 is 1.47 bits per heavy atom. The zero-order chi connectivity index (χ0) is 12.8. The lowest BCUT2D eigenvalue weighted by Crippen LogP contribution is -2.38. The Morgan fingerprint density at radius 3 is 2.65 bits per heavy atom. The Kier molecular flexibility index (Phi) is 5.42. The lowest BCUT2D eigenvalue weighted by atomic mass is 10.1. The molecule has 3 nitrogen and oxygen atoms in total. The summed E-state index contributed by atoms with van der Waals surface area (Å²) in [6, 6.07) is 9.69. The molecule has 1 rings (SSSR count). The summed E-state index contributed by atoms with van der Waals surface area (Å²) in [6.07, 6.45) is 0.368. The minimum atomic E-state index is 0.000231. The number of hydrogen-bond donors (Lipinski definition) is 0. The molecule has 0 unspecified atom stereocenters. The van der Waals surface area contributed by atoms with Crippen LogP contribution in [0.1, 0.15) is 30.6 Å². The lowest BCUT2D eigenvalue weighted by molar-refractivity contribution is 0.0709. The number of nitrogens with zero attached hydrogens (tertiary/aromatic N) is 2. The van der Waals surface area contributed by atoms with Crippen LogP contribution in [-0.4, -0.2) is 23.4 Å².